The molecule has 0 radical (unpaired) electrons. The van der Waals surface area contributed by atoms with Crippen LogP contribution in [0, 0.1) is 11.8 Å². The first kappa shape index (κ1) is 18.3. The molecule has 1 aromatic carbocycles. The molecule has 1 N–H and O–H groups in total. The van der Waals surface area contributed by atoms with Crippen molar-refractivity contribution in [2.45, 2.75) is 18.6 Å². The van der Waals surface area contributed by atoms with Crippen molar-refractivity contribution in [2.75, 3.05) is 25.5 Å². The highest BCUT2D eigenvalue weighted by molar-refractivity contribution is 7.14. The lowest BCUT2D eigenvalue weighted by molar-refractivity contribution is -0.135. The van der Waals surface area contributed by atoms with Crippen molar-refractivity contribution in [2.24, 2.45) is 11.8 Å². The van der Waals surface area contributed by atoms with Crippen LogP contribution in [0.15, 0.2) is 41.8 Å². The predicted octanol–water partition coefficient (Wildman–Crippen LogP) is 2.56. The fraction of sp³-hybridized carbons (Fsp3) is 0.381. The van der Waals surface area contributed by atoms with Crippen molar-refractivity contribution in [1.82, 2.24) is 9.88 Å². The predicted molar refractivity (Wildman–Crippen MR) is 109 cm³/mol. The number of thiazole rings is 1. The van der Waals surface area contributed by atoms with E-state index in [0.717, 1.165) is 17.0 Å². The van der Waals surface area contributed by atoms with E-state index in [2.05, 4.69) is 10.3 Å². The fourth-order valence-electron chi connectivity index (χ4n) is 4.65. The number of likely N-dealkylation sites (N-methyl/N-ethyl adjacent to an activating group) is 1. The van der Waals surface area contributed by atoms with Gasteiger partial charge in [-0.15, -0.1) is 11.3 Å². The fourth-order valence-corrected chi connectivity index (χ4v) is 5.36. The molecule has 29 heavy (non-hydrogen) atoms. The van der Waals surface area contributed by atoms with E-state index in [0.29, 0.717) is 18.2 Å². The number of amides is 2. The molecule has 7 nitrogen and oxygen atoms in total. The molecular formula is C21H21N3O4S. The van der Waals surface area contributed by atoms with Gasteiger partial charge in [0.2, 0.25) is 11.8 Å². The van der Waals surface area contributed by atoms with E-state index < -0.39 is 17.4 Å². The van der Waals surface area contributed by atoms with Crippen LogP contribution < -0.4 is 10.1 Å². The Hall–Kier alpha value is -2.71. The molecule has 4 atom stereocenters. The van der Waals surface area contributed by atoms with Crippen molar-refractivity contribution in [1.29, 1.82) is 0 Å². The Kier molecular flexibility index (Phi) is 4.22. The van der Waals surface area contributed by atoms with Gasteiger partial charge in [-0.05, 0) is 19.1 Å². The Morgan fingerprint density at radius 2 is 2.28 bits per heavy atom. The first-order valence-electron chi connectivity index (χ1n) is 9.62. The Morgan fingerprint density at radius 3 is 3.07 bits per heavy atom. The summed E-state index contributed by atoms with van der Waals surface area (Å²) in [6.07, 6.45) is 3.51. The summed E-state index contributed by atoms with van der Waals surface area (Å²) in [4.78, 5) is 32.2. The minimum Gasteiger partial charge on any atom is -0.496 e. The molecule has 1 aromatic heterocycles. The van der Waals surface area contributed by atoms with Crippen LogP contribution in [0.25, 0.3) is 11.3 Å². The van der Waals surface area contributed by atoms with Gasteiger partial charge in [0.1, 0.15) is 11.4 Å². The molecule has 8 heteroatoms. The molecule has 2 bridgehead atoms. The second kappa shape index (κ2) is 6.67. The molecule has 0 saturated carbocycles. The van der Waals surface area contributed by atoms with Crippen molar-refractivity contribution < 1.29 is 19.1 Å². The molecular weight excluding hydrogens is 390 g/mol. The second-order valence-corrected chi connectivity index (χ2v) is 8.34. The number of methoxy groups -OCH3 is 1. The quantitative estimate of drug-likeness (QED) is 0.765. The van der Waals surface area contributed by atoms with Gasteiger partial charge in [-0.2, -0.15) is 0 Å². The van der Waals surface area contributed by atoms with Crippen LogP contribution in [-0.4, -0.2) is 53.6 Å². The number of aromatic nitrogens is 1. The van der Waals surface area contributed by atoms with Crippen LogP contribution in [0.2, 0.25) is 0 Å². The number of carbonyl (C=O) groups excluding carboxylic acids is 2. The lowest BCUT2D eigenvalue weighted by atomic mass is 9.77. The number of nitrogens with zero attached hydrogens (tertiary/aromatic N) is 2. The van der Waals surface area contributed by atoms with Crippen molar-refractivity contribution in [3.63, 3.8) is 0 Å². The lowest BCUT2D eigenvalue weighted by Crippen LogP contribution is -2.41. The van der Waals surface area contributed by atoms with Gasteiger partial charge < -0.3 is 19.7 Å². The third kappa shape index (κ3) is 2.70. The number of anilines is 1. The molecule has 3 aliphatic rings. The highest BCUT2D eigenvalue weighted by atomic mass is 32.1. The van der Waals surface area contributed by atoms with Gasteiger partial charge in [-0.25, -0.2) is 4.98 Å². The number of rotatable bonds is 5. The summed E-state index contributed by atoms with van der Waals surface area (Å²) in [5.41, 5.74) is 0.935. The molecule has 2 saturated heterocycles. The number of para-hydroxylation sites is 1. The normalized spacial score (nSPS) is 29.4. The largest absolute Gasteiger partial charge is 0.496 e. The summed E-state index contributed by atoms with van der Waals surface area (Å²) >= 11 is 1.35. The highest BCUT2D eigenvalue weighted by Crippen LogP contribution is 2.52. The average Bonchev–Trinajstić information content (AvgIpc) is 3.49. The summed E-state index contributed by atoms with van der Waals surface area (Å²) in [6, 6.07) is 7.61. The van der Waals surface area contributed by atoms with Gasteiger partial charge in [-0.1, -0.05) is 24.3 Å². The van der Waals surface area contributed by atoms with Gasteiger partial charge in [0, 0.05) is 17.5 Å². The number of nitrogens with one attached hydrogen (secondary N) is 1. The zero-order chi connectivity index (χ0) is 20.2. The zero-order valence-electron chi connectivity index (χ0n) is 16.1. The standard InChI is InChI=1S/C21H21N3O4S/c1-3-24-11-21-9-8-15(28-21)16(17(21)19(24)26)18(25)23-20-22-13(10-29-20)12-6-4-5-7-14(12)27-2/h4-10,15-17H,3,11H2,1-2H3,(H,22,23,25)/t15-,16+,17-,21-/m1/s1. The molecule has 1 spiro atoms. The summed E-state index contributed by atoms with van der Waals surface area (Å²) in [5.74, 6) is -0.513. The van der Waals surface area contributed by atoms with E-state index in [1.165, 1.54) is 11.3 Å². The van der Waals surface area contributed by atoms with Crippen molar-refractivity contribution in [3.8, 4) is 17.0 Å². The van der Waals surface area contributed by atoms with E-state index in [4.69, 9.17) is 9.47 Å². The zero-order valence-corrected chi connectivity index (χ0v) is 16.9. The first-order chi connectivity index (χ1) is 14.1. The van der Waals surface area contributed by atoms with Gasteiger partial charge in [0.05, 0.1) is 37.3 Å². The van der Waals surface area contributed by atoms with Crippen LogP contribution in [0.3, 0.4) is 0 Å². The SMILES string of the molecule is CCN1C[C@@]23C=C[C@@H](O2)[C@H](C(=O)Nc2nc(-c4ccccc4OC)cs2)[C@@H]3C1=O. The minimum atomic E-state index is -0.661. The average molecular weight is 411 g/mol. The number of likely N-dealkylation sites (tertiary alicyclic amines) is 1. The number of fused-ring (bicyclic) bond motifs is 1. The van der Waals surface area contributed by atoms with E-state index >= 15 is 0 Å². The molecule has 5 rings (SSSR count). The third-order valence-electron chi connectivity index (χ3n) is 5.98. The summed E-state index contributed by atoms with van der Waals surface area (Å²) < 4.78 is 11.5. The Balaban J connectivity index is 1.37. The molecule has 2 amide bonds. The van der Waals surface area contributed by atoms with Crippen LogP contribution >= 0.6 is 11.3 Å². The maximum Gasteiger partial charge on any atom is 0.233 e. The van der Waals surface area contributed by atoms with E-state index in [9.17, 15) is 9.59 Å². The third-order valence-corrected chi connectivity index (χ3v) is 6.74. The van der Waals surface area contributed by atoms with E-state index in [1.807, 2.05) is 48.7 Å². The Labute approximate surface area is 172 Å². The van der Waals surface area contributed by atoms with Crippen molar-refractivity contribution in [3.05, 3.63) is 41.8 Å². The minimum absolute atomic E-state index is 0.00616. The number of hydrogen-bond acceptors (Lipinski definition) is 6. The summed E-state index contributed by atoms with van der Waals surface area (Å²) in [6.45, 7) is 3.07. The van der Waals surface area contributed by atoms with Crippen LogP contribution in [0.4, 0.5) is 5.13 Å². The molecule has 2 fully saturated rings. The van der Waals surface area contributed by atoms with E-state index in [-0.39, 0.29) is 17.9 Å². The van der Waals surface area contributed by atoms with Crippen LogP contribution in [-0.2, 0) is 14.3 Å². The second-order valence-electron chi connectivity index (χ2n) is 7.48. The molecule has 2 aromatic rings. The maximum absolute atomic E-state index is 13.1. The van der Waals surface area contributed by atoms with Crippen molar-refractivity contribution >= 4 is 28.3 Å². The summed E-state index contributed by atoms with van der Waals surface area (Å²) in [7, 11) is 1.62. The first-order valence-corrected chi connectivity index (χ1v) is 10.5. The lowest BCUT2D eigenvalue weighted by Gasteiger charge is -2.23. The number of benzene rings is 1. The molecule has 0 unspecified atom stereocenters. The van der Waals surface area contributed by atoms with Gasteiger partial charge in [0.15, 0.2) is 5.13 Å². The number of carbonyl (C=O) groups is 2. The molecule has 0 aliphatic carbocycles. The van der Waals surface area contributed by atoms with Crippen LogP contribution in [0.1, 0.15) is 6.92 Å². The van der Waals surface area contributed by atoms with Crippen LogP contribution in [0.5, 0.6) is 5.75 Å². The molecule has 4 heterocycles. The Morgan fingerprint density at radius 1 is 1.45 bits per heavy atom. The van der Waals surface area contributed by atoms with Gasteiger partial charge in [-0.3, -0.25) is 9.59 Å². The Bertz CT molecular complexity index is 1020. The smallest absolute Gasteiger partial charge is 0.233 e. The maximum atomic E-state index is 13.1. The highest BCUT2D eigenvalue weighted by Gasteiger charge is 2.66. The van der Waals surface area contributed by atoms with Gasteiger partial charge >= 0.3 is 0 Å². The van der Waals surface area contributed by atoms with Gasteiger partial charge in [0.25, 0.3) is 0 Å². The monoisotopic (exact) mass is 411 g/mol. The topological polar surface area (TPSA) is 80.8 Å². The summed E-state index contributed by atoms with van der Waals surface area (Å²) in [5, 5.41) is 5.28. The number of hydrogen-bond donors (Lipinski definition) is 1. The molecule has 3 aliphatic heterocycles. The molecule has 150 valence electrons. The number of ether oxygens (including phenoxy) is 2. The van der Waals surface area contributed by atoms with E-state index in [1.54, 1.807) is 12.0 Å².